The quantitative estimate of drug-likeness (QED) is 0.839. The van der Waals surface area contributed by atoms with Gasteiger partial charge in [-0.15, -0.1) is 11.3 Å². The molecule has 0 spiro atoms. The lowest BCUT2D eigenvalue weighted by Gasteiger charge is -2.28. The maximum Gasteiger partial charge on any atom is 0.347 e. The molecule has 2 rings (SSSR count). The van der Waals surface area contributed by atoms with E-state index in [0.717, 1.165) is 37.0 Å². The van der Waals surface area contributed by atoms with E-state index in [4.69, 9.17) is 9.84 Å². The molecule has 6 nitrogen and oxygen atoms in total. The molecule has 1 aliphatic carbocycles. The molecule has 1 amide bonds. The third kappa shape index (κ3) is 3.30. The third-order valence-electron chi connectivity index (χ3n) is 3.97. The van der Waals surface area contributed by atoms with Crippen LogP contribution in [-0.2, 0) is 9.53 Å². The predicted molar refractivity (Wildman–Crippen MR) is 83.2 cm³/mol. The summed E-state index contributed by atoms with van der Waals surface area (Å²) < 4.78 is 5.73. The summed E-state index contributed by atoms with van der Waals surface area (Å²) in [6, 6.07) is -0.331. The molecule has 22 heavy (non-hydrogen) atoms. The van der Waals surface area contributed by atoms with Gasteiger partial charge in [0.2, 0.25) is 0 Å². The number of thiazole rings is 1. The highest BCUT2D eigenvalue weighted by atomic mass is 32.1. The Bertz CT molecular complexity index is 564. The number of amides is 1. The van der Waals surface area contributed by atoms with Gasteiger partial charge in [0.15, 0.2) is 0 Å². The molecule has 1 fully saturated rings. The minimum Gasteiger partial charge on any atom is -0.477 e. The van der Waals surface area contributed by atoms with Crippen molar-refractivity contribution in [1.29, 1.82) is 0 Å². The largest absolute Gasteiger partial charge is 0.477 e. The van der Waals surface area contributed by atoms with Crippen LogP contribution in [0.3, 0.4) is 0 Å². The van der Waals surface area contributed by atoms with Crippen molar-refractivity contribution in [3.05, 3.63) is 15.6 Å². The normalized spacial score (nSPS) is 18.1. The smallest absolute Gasteiger partial charge is 0.347 e. The first kappa shape index (κ1) is 16.9. The first-order chi connectivity index (χ1) is 10.4. The molecule has 1 unspecified atom stereocenters. The molecule has 7 heteroatoms. The second-order valence-electron chi connectivity index (χ2n) is 5.60. The van der Waals surface area contributed by atoms with E-state index in [1.54, 1.807) is 6.92 Å². The Labute approximate surface area is 133 Å². The molecule has 0 saturated heterocycles. The zero-order valence-electron chi connectivity index (χ0n) is 13.1. The van der Waals surface area contributed by atoms with Gasteiger partial charge >= 0.3 is 5.97 Å². The van der Waals surface area contributed by atoms with Crippen molar-refractivity contribution in [2.75, 3.05) is 6.61 Å². The van der Waals surface area contributed by atoms with Gasteiger partial charge in [-0.05, 0) is 46.5 Å². The van der Waals surface area contributed by atoms with E-state index in [9.17, 15) is 9.59 Å². The number of aryl methyl sites for hydroxylation is 1. The van der Waals surface area contributed by atoms with Gasteiger partial charge in [0.1, 0.15) is 15.5 Å². The average Bonchev–Trinajstić information content (AvgIpc) is 3.06. The van der Waals surface area contributed by atoms with Crippen molar-refractivity contribution in [1.82, 2.24) is 10.3 Å². The van der Waals surface area contributed by atoms with E-state index in [1.165, 1.54) is 0 Å². The van der Waals surface area contributed by atoms with Crippen LogP contribution in [-0.4, -0.2) is 34.2 Å². The Morgan fingerprint density at radius 1 is 1.45 bits per heavy atom. The zero-order chi connectivity index (χ0) is 16.3. The lowest BCUT2D eigenvalue weighted by molar-refractivity contribution is -0.146. The summed E-state index contributed by atoms with van der Waals surface area (Å²) in [7, 11) is 0. The number of rotatable bonds is 6. The Morgan fingerprint density at radius 2 is 2.09 bits per heavy atom. The van der Waals surface area contributed by atoms with E-state index in [0.29, 0.717) is 17.3 Å². The van der Waals surface area contributed by atoms with Gasteiger partial charge in [-0.25, -0.2) is 9.78 Å². The molecule has 1 aromatic rings. The number of nitrogens with zero attached hydrogens (tertiary/aromatic N) is 1. The maximum absolute atomic E-state index is 12.6. The van der Waals surface area contributed by atoms with Crippen LogP contribution in [0, 0.1) is 6.92 Å². The number of hydrogen-bond acceptors (Lipinski definition) is 5. The number of aromatic carboxylic acids is 1. The Balaban J connectivity index is 2.10. The number of aromatic nitrogens is 1. The molecular formula is C15H22N2O4S. The second-order valence-corrected chi connectivity index (χ2v) is 6.63. The molecule has 0 aromatic carbocycles. The van der Waals surface area contributed by atoms with Crippen LogP contribution in [0.25, 0.3) is 0 Å². The second kappa shape index (κ2) is 6.75. The minimum absolute atomic E-state index is 0.121. The van der Waals surface area contributed by atoms with Gasteiger partial charge in [0.25, 0.3) is 5.91 Å². The fourth-order valence-electron chi connectivity index (χ4n) is 2.85. The van der Waals surface area contributed by atoms with Crippen molar-refractivity contribution < 1.29 is 19.4 Å². The summed E-state index contributed by atoms with van der Waals surface area (Å²) in [5, 5.41) is 12.6. The SMILES string of the molecule is CCOC1(C(=O)NC(C)c2nc(C)c(C(=O)O)s2)CCCC1. The number of carbonyl (C=O) groups excluding carboxylic acids is 1. The maximum atomic E-state index is 12.6. The minimum atomic E-state index is -0.985. The van der Waals surface area contributed by atoms with Crippen molar-refractivity contribution in [2.24, 2.45) is 0 Å². The lowest BCUT2D eigenvalue weighted by atomic mass is 10.0. The van der Waals surface area contributed by atoms with Crippen LogP contribution in [0.4, 0.5) is 0 Å². The van der Waals surface area contributed by atoms with Gasteiger partial charge in [0.05, 0.1) is 11.7 Å². The predicted octanol–water partition coefficient (Wildman–Crippen LogP) is 2.68. The highest BCUT2D eigenvalue weighted by Gasteiger charge is 2.42. The summed E-state index contributed by atoms with van der Waals surface area (Å²) in [6.07, 6.45) is 3.44. The first-order valence-corrected chi connectivity index (χ1v) is 8.37. The van der Waals surface area contributed by atoms with Gasteiger partial charge < -0.3 is 15.2 Å². The van der Waals surface area contributed by atoms with Crippen LogP contribution in [0.15, 0.2) is 0 Å². The van der Waals surface area contributed by atoms with Crippen molar-refractivity contribution >= 4 is 23.2 Å². The molecule has 1 aliphatic rings. The fourth-order valence-corrected chi connectivity index (χ4v) is 3.76. The summed E-state index contributed by atoms with van der Waals surface area (Å²) in [5.41, 5.74) is -0.251. The topological polar surface area (TPSA) is 88.5 Å². The number of carboxylic acids is 1. The van der Waals surface area contributed by atoms with Gasteiger partial charge in [-0.2, -0.15) is 0 Å². The van der Waals surface area contributed by atoms with Crippen LogP contribution >= 0.6 is 11.3 Å². The summed E-state index contributed by atoms with van der Waals surface area (Å²) in [6.45, 7) is 5.87. The van der Waals surface area contributed by atoms with Gasteiger partial charge in [0, 0.05) is 6.61 Å². The van der Waals surface area contributed by atoms with E-state index >= 15 is 0 Å². The van der Waals surface area contributed by atoms with Crippen molar-refractivity contribution in [3.8, 4) is 0 Å². The van der Waals surface area contributed by atoms with Gasteiger partial charge in [-0.1, -0.05) is 0 Å². The molecule has 1 atom stereocenters. The standard InChI is InChI=1S/C15H22N2O4S/c1-4-21-15(7-5-6-8-15)14(20)17-10(3)12-16-9(2)11(22-12)13(18)19/h10H,4-8H2,1-3H3,(H,17,20)(H,18,19). The Morgan fingerprint density at radius 3 is 2.59 bits per heavy atom. The molecular weight excluding hydrogens is 304 g/mol. The molecule has 0 radical (unpaired) electrons. The summed E-state index contributed by atoms with van der Waals surface area (Å²) >= 11 is 1.11. The lowest BCUT2D eigenvalue weighted by Crippen LogP contribution is -2.47. The average molecular weight is 326 g/mol. The van der Waals surface area contributed by atoms with Crippen LogP contribution in [0.1, 0.15) is 65.9 Å². The number of nitrogens with one attached hydrogen (secondary N) is 1. The Kier molecular flexibility index (Phi) is 5.18. The molecule has 1 heterocycles. The highest BCUT2D eigenvalue weighted by Crippen LogP contribution is 2.34. The molecule has 0 bridgehead atoms. The highest BCUT2D eigenvalue weighted by molar-refractivity contribution is 7.13. The zero-order valence-corrected chi connectivity index (χ0v) is 14.0. The van der Waals surface area contributed by atoms with E-state index in [-0.39, 0.29) is 16.8 Å². The molecule has 1 aromatic heterocycles. The number of carbonyl (C=O) groups is 2. The summed E-state index contributed by atoms with van der Waals surface area (Å²) in [5.74, 6) is -1.11. The van der Waals surface area contributed by atoms with Crippen LogP contribution in [0.2, 0.25) is 0 Å². The first-order valence-electron chi connectivity index (χ1n) is 7.55. The monoisotopic (exact) mass is 326 g/mol. The molecule has 2 N–H and O–H groups in total. The van der Waals surface area contributed by atoms with E-state index in [1.807, 2.05) is 13.8 Å². The summed E-state index contributed by atoms with van der Waals surface area (Å²) in [4.78, 5) is 28.2. The molecule has 122 valence electrons. The van der Waals surface area contributed by atoms with Crippen LogP contribution in [0.5, 0.6) is 0 Å². The Hall–Kier alpha value is -1.47. The molecule has 1 saturated carbocycles. The van der Waals surface area contributed by atoms with Crippen molar-refractivity contribution in [3.63, 3.8) is 0 Å². The van der Waals surface area contributed by atoms with E-state index in [2.05, 4.69) is 10.3 Å². The number of carboxylic acid groups (broad SMARTS) is 1. The molecule has 0 aliphatic heterocycles. The third-order valence-corrected chi connectivity index (χ3v) is 5.30. The van der Waals surface area contributed by atoms with Gasteiger partial charge in [-0.3, -0.25) is 4.79 Å². The van der Waals surface area contributed by atoms with E-state index < -0.39 is 11.6 Å². The number of hydrogen-bond donors (Lipinski definition) is 2. The van der Waals surface area contributed by atoms with Crippen molar-refractivity contribution in [2.45, 2.75) is 58.1 Å². The number of ether oxygens (including phenoxy) is 1. The fraction of sp³-hybridized carbons (Fsp3) is 0.667. The van der Waals surface area contributed by atoms with Crippen LogP contribution < -0.4 is 5.32 Å².